The smallest absolute Gasteiger partial charge is 0.309 e. The first-order valence-electron chi connectivity index (χ1n) is 5.79. The quantitative estimate of drug-likeness (QED) is 0.854. The van der Waals surface area contributed by atoms with Crippen molar-refractivity contribution in [1.82, 2.24) is 0 Å². The fourth-order valence-electron chi connectivity index (χ4n) is 1.67. The van der Waals surface area contributed by atoms with Crippen molar-refractivity contribution in [2.75, 3.05) is 6.61 Å². The minimum atomic E-state index is -0.796. The van der Waals surface area contributed by atoms with Gasteiger partial charge in [-0.15, -0.1) is 0 Å². The number of carbonyl (C=O) groups is 1. The summed E-state index contributed by atoms with van der Waals surface area (Å²) in [6, 6.07) is 9.30. The zero-order chi connectivity index (χ0) is 12.9. The molecule has 0 saturated heterocycles. The van der Waals surface area contributed by atoms with E-state index in [1.807, 2.05) is 51.1 Å². The van der Waals surface area contributed by atoms with Crippen molar-refractivity contribution in [2.45, 2.75) is 27.2 Å². The zero-order valence-corrected chi connectivity index (χ0v) is 10.6. The van der Waals surface area contributed by atoms with Gasteiger partial charge in [0.2, 0.25) is 0 Å². The SMILES string of the molecule is CC(C)(C)CC(COc1ccccc1)C(=O)O. The Morgan fingerprint density at radius 2 is 1.88 bits per heavy atom. The van der Waals surface area contributed by atoms with Crippen molar-refractivity contribution in [3.63, 3.8) is 0 Å². The fourth-order valence-corrected chi connectivity index (χ4v) is 1.67. The van der Waals surface area contributed by atoms with Gasteiger partial charge in [-0.3, -0.25) is 4.79 Å². The zero-order valence-electron chi connectivity index (χ0n) is 10.6. The number of rotatable bonds is 5. The highest BCUT2D eigenvalue weighted by atomic mass is 16.5. The third-order valence-corrected chi connectivity index (χ3v) is 2.40. The second-order valence-electron chi connectivity index (χ2n) is 5.42. The van der Waals surface area contributed by atoms with Crippen LogP contribution in [0.5, 0.6) is 5.75 Å². The van der Waals surface area contributed by atoms with Crippen molar-refractivity contribution in [3.8, 4) is 5.75 Å². The van der Waals surface area contributed by atoms with Gasteiger partial charge < -0.3 is 9.84 Å². The summed E-state index contributed by atoms with van der Waals surface area (Å²) < 4.78 is 5.49. The Hall–Kier alpha value is -1.51. The lowest BCUT2D eigenvalue weighted by Crippen LogP contribution is -2.26. The molecule has 0 spiro atoms. The normalized spacial score (nSPS) is 13.1. The average Bonchev–Trinajstić information content (AvgIpc) is 2.24. The van der Waals surface area contributed by atoms with Crippen LogP contribution in [-0.2, 0) is 4.79 Å². The number of hydrogen-bond donors (Lipinski definition) is 1. The van der Waals surface area contributed by atoms with E-state index in [0.29, 0.717) is 12.2 Å². The van der Waals surface area contributed by atoms with E-state index in [9.17, 15) is 4.79 Å². The van der Waals surface area contributed by atoms with Crippen LogP contribution in [0.25, 0.3) is 0 Å². The first kappa shape index (κ1) is 13.6. The van der Waals surface area contributed by atoms with E-state index in [0.717, 1.165) is 0 Å². The summed E-state index contributed by atoms with van der Waals surface area (Å²) in [5.41, 5.74) is -0.0108. The van der Waals surface area contributed by atoms with Crippen LogP contribution in [0.2, 0.25) is 0 Å². The van der Waals surface area contributed by atoms with Gasteiger partial charge in [-0.05, 0) is 24.0 Å². The van der Waals surface area contributed by atoms with Gasteiger partial charge in [-0.1, -0.05) is 39.0 Å². The minimum Gasteiger partial charge on any atom is -0.493 e. The first-order valence-corrected chi connectivity index (χ1v) is 5.79. The van der Waals surface area contributed by atoms with Gasteiger partial charge in [0.1, 0.15) is 12.4 Å². The van der Waals surface area contributed by atoms with Crippen LogP contribution in [0.3, 0.4) is 0 Å². The molecule has 0 aliphatic carbocycles. The molecule has 3 heteroatoms. The molecule has 0 fully saturated rings. The van der Waals surface area contributed by atoms with Crippen molar-refractivity contribution >= 4 is 5.97 Å². The second kappa shape index (κ2) is 5.71. The van der Waals surface area contributed by atoms with Crippen molar-refractivity contribution in [3.05, 3.63) is 30.3 Å². The molecule has 3 nitrogen and oxygen atoms in total. The summed E-state index contributed by atoms with van der Waals surface area (Å²) >= 11 is 0. The van der Waals surface area contributed by atoms with E-state index in [-0.39, 0.29) is 12.0 Å². The Morgan fingerprint density at radius 1 is 1.29 bits per heavy atom. The molecular weight excluding hydrogens is 216 g/mol. The molecule has 17 heavy (non-hydrogen) atoms. The molecule has 1 N–H and O–H groups in total. The van der Waals surface area contributed by atoms with Gasteiger partial charge in [-0.2, -0.15) is 0 Å². The summed E-state index contributed by atoms with van der Waals surface area (Å²) in [5, 5.41) is 9.13. The highest BCUT2D eigenvalue weighted by Gasteiger charge is 2.25. The molecule has 94 valence electrons. The van der Waals surface area contributed by atoms with E-state index < -0.39 is 11.9 Å². The molecule has 0 aliphatic rings. The maximum Gasteiger partial charge on any atom is 0.309 e. The molecule has 1 atom stereocenters. The Morgan fingerprint density at radius 3 is 2.35 bits per heavy atom. The molecule has 1 rings (SSSR count). The van der Waals surface area contributed by atoms with E-state index in [4.69, 9.17) is 9.84 Å². The van der Waals surface area contributed by atoms with Crippen LogP contribution >= 0.6 is 0 Å². The number of para-hydroxylation sites is 1. The molecule has 0 aromatic heterocycles. The van der Waals surface area contributed by atoms with E-state index in [1.165, 1.54) is 0 Å². The van der Waals surface area contributed by atoms with Crippen LogP contribution in [0.15, 0.2) is 30.3 Å². The lowest BCUT2D eigenvalue weighted by atomic mass is 9.85. The summed E-state index contributed by atoms with van der Waals surface area (Å²) in [4.78, 5) is 11.1. The van der Waals surface area contributed by atoms with Gasteiger partial charge in [-0.25, -0.2) is 0 Å². The molecule has 0 bridgehead atoms. The molecule has 0 aliphatic heterocycles. The van der Waals surface area contributed by atoms with Gasteiger partial charge in [0, 0.05) is 0 Å². The van der Waals surface area contributed by atoms with Crippen LogP contribution < -0.4 is 4.74 Å². The topological polar surface area (TPSA) is 46.5 Å². The Balaban J connectivity index is 2.54. The maximum absolute atomic E-state index is 11.1. The third kappa shape index (κ3) is 5.38. The Labute approximate surface area is 102 Å². The number of aliphatic carboxylic acids is 1. The molecule has 1 unspecified atom stereocenters. The molecule has 1 aromatic rings. The lowest BCUT2D eigenvalue weighted by Gasteiger charge is -2.23. The highest BCUT2D eigenvalue weighted by Crippen LogP contribution is 2.25. The molecular formula is C14H20O3. The van der Waals surface area contributed by atoms with Crippen LogP contribution in [-0.4, -0.2) is 17.7 Å². The van der Waals surface area contributed by atoms with Crippen molar-refractivity contribution < 1.29 is 14.6 Å². The maximum atomic E-state index is 11.1. The number of ether oxygens (including phenoxy) is 1. The molecule has 0 saturated carbocycles. The monoisotopic (exact) mass is 236 g/mol. The lowest BCUT2D eigenvalue weighted by molar-refractivity contribution is -0.143. The predicted octanol–water partition coefficient (Wildman–Crippen LogP) is 3.20. The minimum absolute atomic E-state index is 0.0108. The van der Waals surface area contributed by atoms with Crippen LogP contribution in [0.4, 0.5) is 0 Å². The van der Waals surface area contributed by atoms with Gasteiger partial charge in [0.05, 0.1) is 5.92 Å². The van der Waals surface area contributed by atoms with Gasteiger partial charge in [0.15, 0.2) is 0 Å². The molecule has 0 amide bonds. The third-order valence-electron chi connectivity index (χ3n) is 2.40. The number of benzene rings is 1. The second-order valence-corrected chi connectivity index (χ2v) is 5.42. The Bertz CT molecular complexity index is 351. The summed E-state index contributed by atoms with van der Waals surface area (Å²) in [6.07, 6.45) is 0.606. The standard InChI is InChI=1S/C14H20O3/c1-14(2,3)9-11(13(15)16)10-17-12-7-5-4-6-8-12/h4-8,11H,9-10H2,1-3H3,(H,15,16). The largest absolute Gasteiger partial charge is 0.493 e. The molecule has 0 radical (unpaired) electrons. The van der Waals surface area contributed by atoms with Crippen LogP contribution in [0, 0.1) is 11.3 Å². The number of hydrogen-bond acceptors (Lipinski definition) is 2. The average molecular weight is 236 g/mol. The number of carboxylic acid groups (broad SMARTS) is 1. The van der Waals surface area contributed by atoms with Crippen molar-refractivity contribution in [2.24, 2.45) is 11.3 Å². The summed E-state index contributed by atoms with van der Waals surface area (Å²) in [7, 11) is 0. The molecule has 1 aromatic carbocycles. The van der Waals surface area contributed by atoms with Crippen LogP contribution in [0.1, 0.15) is 27.2 Å². The summed E-state index contributed by atoms with van der Waals surface area (Å²) in [6.45, 7) is 6.32. The van der Waals surface area contributed by atoms with Gasteiger partial charge >= 0.3 is 5.97 Å². The first-order chi connectivity index (χ1) is 7.88. The van der Waals surface area contributed by atoms with Crippen molar-refractivity contribution in [1.29, 1.82) is 0 Å². The summed E-state index contributed by atoms with van der Waals surface area (Å²) in [5.74, 6) is -0.543. The van der Waals surface area contributed by atoms with E-state index in [1.54, 1.807) is 0 Å². The van der Waals surface area contributed by atoms with E-state index >= 15 is 0 Å². The van der Waals surface area contributed by atoms with Gasteiger partial charge in [0.25, 0.3) is 0 Å². The predicted molar refractivity (Wildman–Crippen MR) is 67.1 cm³/mol. The van der Waals surface area contributed by atoms with E-state index in [2.05, 4.69) is 0 Å². The fraction of sp³-hybridized carbons (Fsp3) is 0.500. The number of carboxylic acids is 1. The highest BCUT2D eigenvalue weighted by molar-refractivity contribution is 5.70. The molecule has 0 heterocycles. The Kier molecular flexibility index (Phi) is 4.55.